The minimum absolute atomic E-state index is 0.114. The minimum Gasteiger partial charge on any atom is -0.396 e. The van der Waals surface area contributed by atoms with Crippen LogP contribution < -0.4 is 10.2 Å². The molecule has 9 heteroatoms. The van der Waals surface area contributed by atoms with Crippen LogP contribution in [-0.2, 0) is 11.5 Å². The van der Waals surface area contributed by atoms with E-state index in [4.69, 9.17) is 4.84 Å². The van der Waals surface area contributed by atoms with E-state index >= 15 is 0 Å². The lowest BCUT2D eigenvalue weighted by Gasteiger charge is -2.26. The van der Waals surface area contributed by atoms with Crippen LogP contribution in [0, 0.1) is 17.1 Å². The SMILES string of the molecule is CCON=C1CCN(CCN(C(=O)Nc2ccc(F)c(CF)c2)c2ccc(-c3cccc(C#N)c3)cc2)C1. The number of hydrogen-bond acceptors (Lipinski definition) is 5. The Kier molecular flexibility index (Phi) is 9.01. The van der Waals surface area contributed by atoms with Gasteiger partial charge in [0, 0.05) is 49.5 Å². The number of halogens is 2. The summed E-state index contributed by atoms with van der Waals surface area (Å²) < 4.78 is 26.9. The Morgan fingerprint density at radius 3 is 2.71 bits per heavy atom. The molecule has 7 nitrogen and oxygen atoms in total. The molecule has 0 atom stereocenters. The molecule has 0 aromatic heterocycles. The van der Waals surface area contributed by atoms with Gasteiger partial charge in [0.2, 0.25) is 0 Å². The average molecular weight is 518 g/mol. The number of carbonyl (C=O) groups excluding carboxylic acids is 1. The Balaban J connectivity index is 1.53. The van der Waals surface area contributed by atoms with Crippen molar-refractivity contribution in [1.82, 2.24) is 4.90 Å². The molecule has 3 aromatic rings. The Hall–Kier alpha value is -4.29. The highest BCUT2D eigenvalue weighted by Crippen LogP contribution is 2.25. The summed E-state index contributed by atoms with van der Waals surface area (Å²) in [6, 6.07) is 20.4. The van der Waals surface area contributed by atoms with E-state index in [1.165, 1.54) is 12.1 Å². The largest absolute Gasteiger partial charge is 0.396 e. The van der Waals surface area contributed by atoms with Gasteiger partial charge in [0.15, 0.2) is 0 Å². The number of carbonyl (C=O) groups is 1. The molecule has 0 unspecified atom stereocenters. The van der Waals surface area contributed by atoms with Crippen LogP contribution in [-0.4, -0.2) is 49.4 Å². The summed E-state index contributed by atoms with van der Waals surface area (Å²) in [4.78, 5) is 22.3. The summed E-state index contributed by atoms with van der Waals surface area (Å²) >= 11 is 0. The first-order valence-electron chi connectivity index (χ1n) is 12.4. The van der Waals surface area contributed by atoms with Gasteiger partial charge in [0.1, 0.15) is 19.1 Å². The van der Waals surface area contributed by atoms with Crippen LogP contribution in [0.3, 0.4) is 0 Å². The van der Waals surface area contributed by atoms with Crippen LogP contribution >= 0.6 is 0 Å². The number of anilines is 2. The van der Waals surface area contributed by atoms with Gasteiger partial charge in [-0.15, -0.1) is 0 Å². The Morgan fingerprint density at radius 2 is 1.97 bits per heavy atom. The summed E-state index contributed by atoms with van der Waals surface area (Å²) in [5.41, 5.74) is 4.21. The maximum absolute atomic E-state index is 13.8. The van der Waals surface area contributed by atoms with Gasteiger partial charge < -0.3 is 10.2 Å². The highest BCUT2D eigenvalue weighted by molar-refractivity contribution is 6.02. The van der Waals surface area contributed by atoms with Crippen LogP contribution in [0.5, 0.6) is 0 Å². The number of amides is 2. The molecular weight excluding hydrogens is 488 g/mol. The number of alkyl halides is 1. The van der Waals surface area contributed by atoms with Crippen molar-refractivity contribution < 1.29 is 18.4 Å². The second-order valence-corrected chi connectivity index (χ2v) is 8.86. The van der Waals surface area contributed by atoms with Gasteiger partial charge >= 0.3 is 6.03 Å². The lowest BCUT2D eigenvalue weighted by molar-refractivity contribution is 0.158. The smallest absolute Gasteiger partial charge is 0.326 e. The van der Waals surface area contributed by atoms with E-state index in [0.717, 1.165) is 35.9 Å². The van der Waals surface area contributed by atoms with Crippen molar-refractivity contribution >= 4 is 23.1 Å². The molecule has 0 aliphatic carbocycles. The zero-order chi connectivity index (χ0) is 26.9. The monoisotopic (exact) mass is 517 g/mol. The summed E-state index contributed by atoms with van der Waals surface area (Å²) in [5.74, 6) is -0.656. The van der Waals surface area contributed by atoms with E-state index in [1.807, 2.05) is 49.4 Å². The molecule has 3 aromatic carbocycles. The lowest BCUT2D eigenvalue weighted by Crippen LogP contribution is -2.40. The van der Waals surface area contributed by atoms with Crippen molar-refractivity contribution in [2.75, 3.05) is 43.0 Å². The molecule has 0 spiro atoms. The second-order valence-electron chi connectivity index (χ2n) is 8.86. The predicted octanol–water partition coefficient (Wildman–Crippen LogP) is 5.97. The maximum atomic E-state index is 13.8. The maximum Gasteiger partial charge on any atom is 0.326 e. The number of rotatable bonds is 9. The zero-order valence-electron chi connectivity index (χ0n) is 21.2. The normalized spacial score (nSPS) is 14.3. The predicted molar refractivity (Wildman–Crippen MR) is 144 cm³/mol. The molecule has 1 aliphatic heterocycles. The van der Waals surface area contributed by atoms with Crippen LogP contribution in [0.25, 0.3) is 11.1 Å². The van der Waals surface area contributed by atoms with E-state index in [2.05, 4.69) is 21.4 Å². The van der Waals surface area contributed by atoms with E-state index < -0.39 is 18.5 Å². The van der Waals surface area contributed by atoms with Gasteiger partial charge in [-0.2, -0.15) is 5.26 Å². The van der Waals surface area contributed by atoms with Crippen LogP contribution in [0.2, 0.25) is 0 Å². The number of nitrogens with zero attached hydrogens (tertiary/aromatic N) is 4. The highest BCUT2D eigenvalue weighted by atomic mass is 19.1. The van der Waals surface area contributed by atoms with Crippen molar-refractivity contribution in [3.05, 3.63) is 83.7 Å². The van der Waals surface area contributed by atoms with Crippen LogP contribution in [0.1, 0.15) is 24.5 Å². The topological polar surface area (TPSA) is 81.0 Å². The van der Waals surface area contributed by atoms with Crippen molar-refractivity contribution in [2.24, 2.45) is 5.16 Å². The Bertz CT molecular complexity index is 1340. The molecule has 196 valence electrons. The molecule has 0 bridgehead atoms. The number of nitrogens with one attached hydrogen (secondary N) is 1. The molecular formula is C29H29F2N5O2. The van der Waals surface area contributed by atoms with Crippen LogP contribution in [0.4, 0.5) is 25.0 Å². The molecule has 1 heterocycles. The lowest BCUT2D eigenvalue weighted by atomic mass is 10.0. The molecule has 4 rings (SSSR count). The molecule has 1 saturated heterocycles. The Labute approximate surface area is 220 Å². The fourth-order valence-electron chi connectivity index (χ4n) is 4.26. The molecule has 2 amide bonds. The van der Waals surface area contributed by atoms with Gasteiger partial charge in [-0.25, -0.2) is 13.6 Å². The number of hydrogen-bond donors (Lipinski definition) is 1. The van der Waals surface area contributed by atoms with Gasteiger partial charge in [0.25, 0.3) is 0 Å². The van der Waals surface area contributed by atoms with Crippen molar-refractivity contribution in [1.29, 1.82) is 5.26 Å². The molecule has 0 saturated carbocycles. The number of likely N-dealkylation sites (tertiary alicyclic amines) is 1. The summed E-state index contributed by atoms with van der Waals surface area (Å²) in [6.07, 6.45) is 0.810. The third kappa shape index (κ3) is 6.72. The molecule has 38 heavy (non-hydrogen) atoms. The van der Waals surface area contributed by atoms with E-state index in [9.17, 15) is 18.8 Å². The fraction of sp³-hybridized carbons (Fsp3) is 0.276. The molecule has 1 N–H and O–H groups in total. The first-order valence-corrected chi connectivity index (χ1v) is 12.4. The van der Waals surface area contributed by atoms with E-state index in [-0.39, 0.29) is 5.56 Å². The molecule has 1 aliphatic rings. The van der Waals surface area contributed by atoms with Gasteiger partial charge in [-0.1, -0.05) is 29.4 Å². The average Bonchev–Trinajstić information content (AvgIpc) is 3.41. The van der Waals surface area contributed by atoms with E-state index in [0.29, 0.717) is 43.2 Å². The van der Waals surface area contributed by atoms with Crippen molar-refractivity contribution in [3.8, 4) is 17.2 Å². The third-order valence-electron chi connectivity index (χ3n) is 6.28. The number of benzene rings is 3. The number of urea groups is 1. The summed E-state index contributed by atoms with van der Waals surface area (Å²) in [6.45, 7) is 3.90. The zero-order valence-corrected chi connectivity index (χ0v) is 21.2. The van der Waals surface area contributed by atoms with Crippen LogP contribution in [0.15, 0.2) is 71.9 Å². The summed E-state index contributed by atoms with van der Waals surface area (Å²) in [7, 11) is 0. The molecule has 1 fully saturated rings. The fourth-order valence-corrected chi connectivity index (χ4v) is 4.26. The van der Waals surface area contributed by atoms with Crippen molar-refractivity contribution in [3.63, 3.8) is 0 Å². The first kappa shape index (κ1) is 26.8. The number of nitriles is 1. The van der Waals surface area contributed by atoms with Gasteiger partial charge in [-0.05, 0) is 60.5 Å². The second kappa shape index (κ2) is 12.8. The van der Waals surface area contributed by atoms with Gasteiger partial charge in [-0.3, -0.25) is 9.80 Å². The third-order valence-corrected chi connectivity index (χ3v) is 6.28. The quantitative estimate of drug-likeness (QED) is 0.355. The first-order chi connectivity index (χ1) is 18.5. The highest BCUT2D eigenvalue weighted by Gasteiger charge is 2.22. The minimum atomic E-state index is -0.964. The summed E-state index contributed by atoms with van der Waals surface area (Å²) in [5, 5.41) is 16.1. The van der Waals surface area contributed by atoms with Gasteiger partial charge in [0.05, 0.1) is 17.3 Å². The Morgan fingerprint density at radius 1 is 1.16 bits per heavy atom. The van der Waals surface area contributed by atoms with Crippen molar-refractivity contribution in [2.45, 2.75) is 20.0 Å². The molecule has 0 radical (unpaired) electrons. The number of oxime groups is 1. The standard InChI is InChI=1S/C29H29F2N5O2/c1-2-38-34-26-12-13-35(20-26)14-15-36(29(37)33-25-8-11-28(31)24(17-25)18-30)27-9-6-22(7-10-27)23-5-3-4-21(16-23)19-32/h3-11,16-17H,2,12-15,18,20H2,1H3,(H,33,37). The van der Waals surface area contributed by atoms with E-state index in [1.54, 1.807) is 11.0 Å².